The highest BCUT2D eigenvalue weighted by Crippen LogP contribution is 2.44. The van der Waals surface area contributed by atoms with E-state index in [4.69, 9.17) is 4.74 Å². The summed E-state index contributed by atoms with van der Waals surface area (Å²) in [4.78, 5) is 18.8. The maximum Gasteiger partial charge on any atom is 0.332 e. The summed E-state index contributed by atoms with van der Waals surface area (Å²) >= 11 is 0. The highest BCUT2D eigenvalue weighted by Gasteiger charge is 2.41. The molecule has 4 rings (SSSR count). The van der Waals surface area contributed by atoms with Crippen molar-refractivity contribution in [3.63, 3.8) is 0 Å². The Morgan fingerprint density at radius 2 is 1.91 bits per heavy atom. The average molecular weight is 459 g/mol. The summed E-state index contributed by atoms with van der Waals surface area (Å²) in [5, 5.41) is 11.1. The predicted molar refractivity (Wildman–Crippen MR) is 115 cm³/mol. The van der Waals surface area contributed by atoms with Gasteiger partial charge < -0.3 is 4.74 Å². The zero-order valence-corrected chi connectivity index (χ0v) is 17.9. The molecule has 0 amide bonds. The summed E-state index contributed by atoms with van der Waals surface area (Å²) in [7, 11) is -2.59. The molecule has 10 nitrogen and oxygen atoms in total. The van der Waals surface area contributed by atoms with Crippen LogP contribution in [0.5, 0.6) is 5.75 Å². The number of nitro benzene ring substituents is 1. The number of nitrogens with zero attached hydrogens (tertiary/aromatic N) is 5. The minimum Gasteiger partial charge on any atom is -0.496 e. The number of anilines is 3. The molecule has 0 unspecified atom stereocenters. The van der Waals surface area contributed by atoms with Crippen LogP contribution in [0.2, 0.25) is 0 Å². The monoisotopic (exact) mass is 459 g/mol. The number of nitro groups is 1. The lowest BCUT2D eigenvalue weighted by atomic mass is 10.1. The Morgan fingerprint density at radius 3 is 2.56 bits per heavy atom. The molecule has 0 aliphatic carbocycles. The minimum absolute atomic E-state index is 0.0365. The van der Waals surface area contributed by atoms with Crippen molar-refractivity contribution in [2.45, 2.75) is 13.3 Å². The molecule has 0 bridgehead atoms. The fourth-order valence-electron chi connectivity index (χ4n) is 3.58. The fraction of sp³-hybridized carbons (Fsp3) is 0.200. The highest BCUT2D eigenvalue weighted by molar-refractivity contribution is 7.95. The number of para-hydroxylation sites is 2. The number of rotatable bonds is 6. The summed E-state index contributed by atoms with van der Waals surface area (Å²) in [6, 6.07) is 10.3. The van der Waals surface area contributed by atoms with E-state index in [0.29, 0.717) is 11.4 Å². The largest absolute Gasteiger partial charge is 0.496 e. The second-order valence-electron chi connectivity index (χ2n) is 6.81. The number of hydrogen-bond donors (Lipinski definition) is 0. The third-order valence-electron chi connectivity index (χ3n) is 4.96. The van der Waals surface area contributed by atoms with Crippen molar-refractivity contribution in [3.05, 3.63) is 76.0 Å². The molecule has 0 saturated carbocycles. The van der Waals surface area contributed by atoms with Gasteiger partial charge in [0.1, 0.15) is 11.6 Å². The van der Waals surface area contributed by atoms with Gasteiger partial charge in [-0.2, -0.15) is 12.8 Å². The molecule has 0 radical (unpaired) electrons. The van der Waals surface area contributed by atoms with Crippen LogP contribution >= 0.6 is 0 Å². The zero-order valence-electron chi connectivity index (χ0n) is 17.1. The molecule has 166 valence electrons. The van der Waals surface area contributed by atoms with Gasteiger partial charge in [0.2, 0.25) is 5.82 Å². The van der Waals surface area contributed by atoms with Gasteiger partial charge in [-0.1, -0.05) is 12.1 Å². The van der Waals surface area contributed by atoms with E-state index >= 15 is 0 Å². The molecular formula is C20H18FN5O5S. The number of methoxy groups -OCH3 is 1. The first-order valence-electron chi connectivity index (χ1n) is 9.52. The first-order chi connectivity index (χ1) is 15.3. The maximum atomic E-state index is 13.9. The molecule has 32 heavy (non-hydrogen) atoms. The van der Waals surface area contributed by atoms with Crippen LogP contribution in [0.15, 0.2) is 48.7 Å². The maximum absolute atomic E-state index is 13.9. The van der Waals surface area contributed by atoms with Gasteiger partial charge in [0.15, 0.2) is 5.82 Å². The van der Waals surface area contributed by atoms with Gasteiger partial charge in [-0.3, -0.25) is 14.4 Å². The van der Waals surface area contributed by atoms with Gasteiger partial charge in [-0.05, 0) is 19.1 Å². The molecule has 0 fully saturated rings. The van der Waals surface area contributed by atoms with E-state index in [-0.39, 0.29) is 35.9 Å². The molecular weight excluding hydrogens is 441 g/mol. The van der Waals surface area contributed by atoms with Crippen LogP contribution in [-0.2, 0) is 16.6 Å². The molecule has 2 aromatic carbocycles. The summed E-state index contributed by atoms with van der Waals surface area (Å²) < 4.78 is 47.8. The van der Waals surface area contributed by atoms with Crippen molar-refractivity contribution in [2.75, 3.05) is 22.3 Å². The molecule has 1 aromatic heterocycles. The SMILES string of the molecule is CCN1c2ccccc2N(c2ccnc(Cc3cc([N+](=O)[O-])c(F)cc3OC)n2)S1(=O)=O. The Hall–Kier alpha value is -3.80. The number of benzene rings is 2. The van der Waals surface area contributed by atoms with E-state index in [1.165, 1.54) is 23.7 Å². The minimum atomic E-state index is -3.90. The lowest BCUT2D eigenvalue weighted by Gasteiger charge is -2.20. The van der Waals surface area contributed by atoms with Crippen LogP contribution in [0.4, 0.5) is 27.3 Å². The van der Waals surface area contributed by atoms with E-state index in [1.54, 1.807) is 31.2 Å². The normalized spacial score (nSPS) is 14.3. The van der Waals surface area contributed by atoms with Crippen molar-refractivity contribution >= 4 is 33.1 Å². The summed E-state index contributed by atoms with van der Waals surface area (Å²) in [6.07, 6.45) is 1.36. The molecule has 1 aliphatic rings. The lowest BCUT2D eigenvalue weighted by molar-refractivity contribution is -0.387. The fourth-order valence-corrected chi connectivity index (χ4v) is 5.25. The van der Waals surface area contributed by atoms with Gasteiger partial charge in [-0.15, -0.1) is 0 Å². The van der Waals surface area contributed by atoms with Crippen LogP contribution < -0.4 is 13.3 Å². The molecule has 0 spiro atoms. The van der Waals surface area contributed by atoms with Gasteiger partial charge in [-0.25, -0.2) is 14.3 Å². The summed E-state index contributed by atoms with van der Waals surface area (Å²) in [5.74, 6) is -0.624. The quantitative estimate of drug-likeness (QED) is 0.410. The molecule has 0 N–H and O–H groups in total. The van der Waals surface area contributed by atoms with Crippen LogP contribution in [0, 0.1) is 15.9 Å². The standard InChI is InChI=1S/C20H18FN5O5S/c1-3-24-15-6-4-5-7-16(15)25(32(24,29)30)20-8-9-22-19(23-20)11-13-10-17(26(27)28)14(21)12-18(13)31-2/h4-10,12H,3,11H2,1-2H3. The zero-order chi connectivity index (χ0) is 23.0. The number of ether oxygens (including phenoxy) is 1. The van der Waals surface area contributed by atoms with Crippen LogP contribution in [0.1, 0.15) is 18.3 Å². The van der Waals surface area contributed by atoms with Crippen molar-refractivity contribution in [1.29, 1.82) is 0 Å². The lowest BCUT2D eigenvalue weighted by Crippen LogP contribution is -2.35. The molecule has 2 heterocycles. The average Bonchev–Trinajstić information content (AvgIpc) is 2.99. The predicted octanol–water partition coefficient (Wildman–Crippen LogP) is 3.35. The second-order valence-corrected chi connectivity index (χ2v) is 8.51. The van der Waals surface area contributed by atoms with E-state index in [9.17, 15) is 22.9 Å². The Kier molecular flexibility index (Phi) is 5.38. The van der Waals surface area contributed by atoms with Crippen molar-refractivity contribution in [2.24, 2.45) is 0 Å². The molecule has 3 aromatic rings. The molecule has 0 saturated heterocycles. The van der Waals surface area contributed by atoms with Crippen LogP contribution in [0.25, 0.3) is 0 Å². The third-order valence-corrected chi connectivity index (χ3v) is 6.82. The van der Waals surface area contributed by atoms with E-state index in [0.717, 1.165) is 16.4 Å². The van der Waals surface area contributed by atoms with Gasteiger partial charge in [0.05, 0.1) is 23.4 Å². The van der Waals surface area contributed by atoms with Crippen molar-refractivity contribution in [1.82, 2.24) is 9.97 Å². The Morgan fingerprint density at radius 1 is 1.19 bits per heavy atom. The smallest absolute Gasteiger partial charge is 0.332 e. The van der Waals surface area contributed by atoms with Gasteiger partial charge in [0, 0.05) is 42.9 Å². The van der Waals surface area contributed by atoms with E-state index in [2.05, 4.69) is 9.97 Å². The summed E-state index contributed by atoms with van der Waals surface area (Å²) in [6.45, 7) is 1.97. The topological polar surface area (TPSA) is 119 Å². The number of fused-ring (bicyclic) bond motifs is 1. The summed E-state index contributed by atoms with van der Waals surface area (Å²) in [5.41, 5.74) is 0.573. The Balaban J connectivity index is 1.76. The highest BCUT2D eigenvalue weighted by atomic mass is 32.2. The first kappa shape index (κ1) is 21.4. The van der Waals surface area contributed by atoms with Crippen LogP contribution in [-0.4, -0.2) is 37.0 Å². The van der Waals surface area contributed by atoms with Crippen LogP contribution in [0.3, 0.4) is 0 Å². The number of aromatic nitrogens is 2. The van der Waals surface area contributed by atoms with Crippen molar-refractivity contribution < 1.29 is 22.5 Å². The second kappa shape index (κ2) is 8.04. The first-order valence-corrected chi connectivity index (χ1v) is 10.9. The van der Waals surface area contributed by atoms with E-state index in [1.807, 2.05) is 0 Å². The third kappa shape index (κ3) is 3.47. The Bertz CT molecular complexity index is 1320. The van der Waals surface area contributed by atoms with Gasteiger partial charge in [0.25, 0.3) is 0 Å². The Labute approximate surface area is 183 Å². The van der Waals surface area contributed by atoms with Gasteiger partial charge >= 0.3 is 15.9 Å². The molecule has 1 aliphatic heterocycles. The molecule has 0 atom stereocenters. The number of halogens is 1. The number of hydrogen-bond acceptors (Lipinski definition) is 7. The van der Waals surface area contributed by atoms with E-state index < -0.39 is 26.6 Å². The molecule has 12 heteroatoms. The van der Waals surface area contributed by atoms with Crippen molar-refractivity contribution in [3.8, 4) is 5.75 Å².